The predicted octanol–water partition coefficient (Wildman–Crippen LogP) is 3.04. The van der Waals surface area contributed by atoms with E-state index in [0.29, 0.717) is 30.7 Å². The molecule has 1 saturated heterocycles. The Labute approximate surface area is 152 Å². The number of rotatable bonds is 5. The zero-order valence-electron chi connectivity index (χ0n) is 14.7. The first-order chi connectivity index (χ1) is 12.4. The summed E-state index contributed by atoms with van der Waals surface area (Å²) in [5.41, 5.74) is -0.433. The fourth-order valence-electron chi connectivity index (χ4n) is 3.90. The standard InChI is InChI=1S/C18H22FN3O3S/c1-13-20-17(21-25-13)18(11-14-6-7-14)8-3-9-22(12-18)26(23,24)16-5-2-4-15(19)10-16/h2,4-5,10,14H,3,6-9,11-12H2,1H3. The van der Waals surface area contributed by atoms with Gasteiger partial charge in [0.1, 0.15) is 5.82 Å². The summed E-state index contributed by atoms with van der Waals surface area (Å²) < 4.78 is 46.3. The quantitative estimate of drug-likeness (QED) is 0.798. The summed E-state index contributed by atoms with van der Waals surface area (Å²) in [5.74, 6) is 1.12. The molecule has 1 saturated carbocycles. The fraction of sp³-hybridized carbons (Fsp3) is 0.556. The molecule has 2 fully saturated rings. The average molecular weight is 379 g/mol. The normalized spacial score (nSPS) is 24.7. The molecule has 0 radical (unpaired) electrons. The minimum atomic E-state index is -3.76. The van der Waals surface area contributed by atoms with Gasteiger partial charge >= 0.3 is 0 Å². The van der Waals surface area contributed by atoms with Crippen molar-refractivity contribution in [1.82, 2.24) is 14.4 Å². The van der Waals surface area contributed by atoms with Crippen LogP contribution in [0.5, 0.6) is 0 Å². The van der Waals surface area contributed by atoms with E-state index >= 15 is 0 Å². The van der Waals surface area contributed by atoms with Crippen LogP contribution in [0.15, 0.2) is 33.7 Å². The zero-order valence-corrected chi connectivity index (χ0v) is 15.5. The van der Waals surface area contributed by atoms with Crippen LogP contribution < -0.4 is 0 Å². The molecule has 140 valence electrons. The zero-order chi connectivity index (χ0) is 18.4. The van der Waals surface area contributed by atoms with Crippen LogP contribution in [-0.2, 0) is 15.4 Å². The SMILES string of the molecule is Cc1nc(C2(CC3CC3)CCCN(S(=O)(=O)c3cccc(F)c3)C2)no1. The number of halogens is 1. The van der Waals surface area contributed by atoms with Crippen molar-refractivity contribution in [1.29, 1.82) is 0 Å². The van der Waals surface area contributed by atoms with Crippen molar-refractivity contribution in [2.24, 2.45) is 5.92 Å². The predicted molar refractivity (Wildman–Crippen MR) is 92.4 cm³/mol. The van der Waals surface area contributed by atoms with Gasteiger partial charge in [-0.15, -0.1) is 0 Å². The first-order valence-corrected chi connectivity index (χ1v) is 10.4. The first-order valence-electron chi connectivity index (χ1n) is 8.96. The van der Waals surface area contributed by atoms with Crippen molar-refractivity contribution in [2.75, 3.05) is 13.1 Å². The van der Waals surface area contributed by atoms with Crippen LogP contribution in [-0.4, -0.2) is 36.0 Å². The van der Waals surface area contributed by atoms with Gasteiger partial charge in [-0.3, -0.25) is 0 Å². The molecule has 2 aliphatic rings. The maximum absolute atomic E-state index is 13.5. The highest BCUT2D eigenvalue weighted by Crippen LogP contribution is 2.46. The largest absolute Gasteiger partial charge is 0.340 e. The van der Waals surface area contributed by atoms with Gasteiger partial charge in [0.05, 0.1) is 4.90 Å². The van der Waals surface area contributed by atoms with E-state index in [-0.39, 0.29) is 4.90 Å². The van der Waals surface area contributed by atoms with Gasteiger partial charge in [-0.2, -0.15) is 9.29 Å². The lowest BCUT2D eigenvalue weighted by molar-refractivity contribution is 0.190. The molecule has 0 bridgehead atoms. The smallest absolute Gasteiger partial charge is 0.243 e. The van der Waals surface area contributed by atoms with Gasteiger partial charge in [0.2, 0.25) is 15.9 Å². The van der Waals surface area contributed by atoms with E-state index in [0.717, 1.165) is 38.2 Å². The Balaban J connectivity index is 1.68. The third-order valence-electron chi connectivity index (χ3n) is 5.35. The summed E-state index contributed by atoms with van der Waals surface area (Å²) in [5, 5.41) is 4.13. The number of benzene rings is 1. The number of hydrogen-bond donors (Lipinski definition) is 0. The second kappa shape index (κ2) is 6.42. The molecule has 6 nitrogen and oxygen atoms in total. The van der Waals surface area contributed by atoms with Gasteiger partial charge in [-0.05, 0) is 43.4 Å². The molecule has 0 N–H and O–H groups in total. The Morgan fingerprint density at radius 1 is 1.38 bits per heavy atom. The molecule has 1 unspecified atom stereocenters. The van der Waals surface area contributed by atoms with Crippen LogP contribution in [0.4, 0.5) is 4.39 Å². The molecule has 2 heterocycles. The minimum absolute atomic E-state index is 0.0102. The number of aryl methyl sites for hydroxylation is 1. The Bertz CT molecular complexity index is 910. The van der Waals surface area contributed by atoms with Crippen LogP contribution in [0.1, 0.15) is 43.8 Å². The summed E-state index contributed by atoms with van der Waals surface area (Å²) in [4.78, 5) is 4.42. The third-order valence-corrected chi connectivity index (χ3v) is 7.20. The molecular formula is C18H22FN3O3S. The van der Waals surface area contributed by atoms with Crippen LogP contribution >= 0.6 is 0 Å². The number of piperidine rings is 1. The minimum Gasteiger partial charge on any atom is -0.340 e. The molecule has 1 aromatic heterocycles. The van der Waals surface area contributed by atoms with Gasteiger partial charge in [-0.1, -0.05) is 24.1 Å². The van der Waals surface area contributed by atoms with E-state index < -0.39 is 21.3 Å². The number of sulfonamides is 1. The van der Waals surface area contributed by atoms with Crippen molar-refractivity contribution in [3.63, 3.8) is 0 Å². The summed E-state index contributed by atoms with van der Waals surface area (Å²) in [6.45, 7) is 2.47. The molecule has 0 amide bonds. The highest BCUT2D eigenvalue weighted by molar-refractivity contribution is 7.89. The Kier molecular flexibility index (Phi) is 4.35. The number of aromatic nitrogens is 2. The molecule has 1 aliphatic carbocycles. The summed E-state index contributed by atoms with van der Waals surface area (Å²) in [7, 11) is -3.76. The Hall–Kier alpha value is -1.80. The molecule has 1 aliphatic heterocycles. The maximum atomic E-state index is 13.5. The highest BCUT2D eigenvalue weighted by Gasteiger charge is 2.47. The molecular weight excluding hydrogens is 357 g/mol. The monoisotopic (exact) mass is 379 g/mol. The third kappa shape index (κ3) is 3.27. The van der Waals surface area contributed by atoms with Crippen molar-refractivity contribution in [2.45, 2.75) is 49.3 Å². The molecule has 26 heavy (non-hydrogen) atoms. The van der Waals surface area contributed by atoms with Gasteiger partial charge in [0.15, 0.2) is 5.82 Å². The van der Waals surface area contributed by atoms with E-state index in [4.69, 9.17) is 4.52 Å². The van der Waals surface area contributed by atoms with E-state index in [2.05, 4.69) is 10.1 Å². The fourth-order valence-corrected chi connectivity index (χ4v) is 5.50. The van der Waals surface area contributed by atoms with E-state index in [1.165, 1.54) is 22.5 Å². The van der Waals surface area contributed by atoms with Crippen LogP contribution in [0, 0.1) is 18.7 Å². The maximum Gasteiger partial charge on any atom is 0.243 e. The number of hydrogen-bond acceptors (Lipinski definition) is 5. The summed E-state index contributed by atoms with van der Waals surface area (Å²) >= 11 is 0. The molecule has 8 heteroatoms. The van der Waals surface area contributed by atoms with Crippen LogP contribution in [0.3, 0.4) is 0 Å². The summed E-state index contributed by atoms with van der Waals surface area (Å²) in [6.07, 6.45) is 4.73. The van der Waals surface area contributed by atoms with Gasteiger partial charge in [0, 0.05) is 25.4 Å². The Morgan fingerprint density at radius 2 is 2.19 bits per heavy atom. The highest BCUT2D eigenvalue weighted by atomic mass is 32.2. The lowest BCUT2D eigenvalue weighted by Crippen LogP contribution is -2.49. The average Bonchev–Trinajstić information content (AvgIpc) is 3.31. The van der Waals surface area contributed by atoms with Gasteiger partial charge in [0.25, 0.3) is 0 Å². The summed E-state index contributed by atoms with van der Waals surface area (Å²) in [6, 6.07) is 5.18. The Morgan fingerprint density at radius 3 is 2.85 bits per heavy atom. The second-order valence-electron chi connectivity index (χ2n) is 7.46. The first kappa shape index (κ1) is 17.6. The van der Waals surface area contributed by atoms with E-state index in [1.54, 1.807) is 6.92 Å². The molecule has 2 aromatic rings. The second-order valence-corrected chi connectivity index (χ2v) is 9.40. The van der Waals surface area contributed by atoms with Crippen LogP contribution in [0.2, 0.25) is 0 Å². The molecule has 0 spiro atoms. The van der Waals surface area contributed by atoms with Crippen molar-refractivity contribution < 1.29 is 17.3 Å². The molecule has 1 atom stereocenters. The van der Waals surface area contributed by atoms with E-state index in [1.807, 2.05) is 0 Å². The van der Waals surface area contributed by atoms with E-state index in [9.17, 15) is 12.8 Å². The van der Waals surface area contributed by atoms with Crippen molar-refractivity contribution >= 4 is 10.0 Å². The van der Waals surface area contributed by atoms with Gasteiger partial charge < -0.3 is 4.52 Å². The van der Waals surface area contributed by atoms with Crippen LogP contribution in [0.25, 0.3) is 0 Å². The number of nitrogens with zero attached hydrogens (tertiary/aromatic N) is 3. The van der Waals surface area contributed by atoms with Gasteiger partial charge in [-0.25, -0.2) is 12.8 Å². The van der Waals surface area contributed by atoms with Crippen molar-refractivity contribution in [3.05, 3.63) is 41.8 Å². The topological polar surface area (TPSA) is 76.3 Å². The lowest BCUT2D eigenvalue weighted by Gasteiger charge is -2.40. The lowest BCUT2D eigenvalue weighted by atomic mass is 9.75. The molecule has 4 rings (SSSR count). The molecule has 1 aromatic carbocycles. The van der Waals surface area contributed by atoms with Crippen molar-refractivity contribution in [3.8, 4) is 0 Å².